The predicted octanol–water partition coefficient (Wildman–Crippen LogP) is 1.36. The van der Waals surface area contributed by atoms with Gasteiger partial charge in [-0.25, -0.2) is 0 Å². The topological polar surface area (TPSA) is 41.6 Å². The average molecular weight is 228 g/mol. The van der Waals surface area contributed by atoms with Crippen LogP contribution in [0.15, 0.2) is 0 Å². The Labute approximate surface area is 98.3 Å². The monoisotopic (exact) mass is 228 g/mol. The van der Waals surface area contributed by atoms with Crippen molar-refractivity contribution in [2.24, 2.45) is 0 Å². The van der Waals surface area contributed by atoms with E-state index in [2.05, 4.69) is 12.2 Å². The van der Waals surface area contributed by atoms with E-state index in [0.717, 1.165) is 39.0 Å². The third-order valence-corrected chi connectivity index (χ3v) is 2.93. The highest BCUT2D eigenvalue weighted by molar-refractivity contribution is 5.83. The molecule has 4 nitrogen and oxygen atoms in total. The van der Waals surface area contributed by atoms with Gasteiger partial charge in [-0.3, -0.25) is 10.1 Å². The van der Waals surface area contributed by atoms with Gasteiger partial charge in [-0.2, -0.15) is 0 Å². The van der Waals surface area contributed by atoms with Gasteiger partial charge in [-0.15, -0.1) is 0 Å². The zero-order chi connectivity index (χ0) is 12.0. The summed E-state index contributed by atoms with van der Waals surface area (Å²) in [5.74, 6) is 0.231. The van der Waals surface area contributed by atoms with Gasteiger partial charge in [-0.1, -0.05) is 13.3 Å². The Kier molecular flexibility index (Phi) is 5.77. The second kappa shape index (κ2) is 6.86. The molecule has 0 aromatic rings. The molecule has 1 saturated heterocycles. The summed E-state index contributed by atoms with van der Waals surface area (Å²) in [5, 5.41) is 3.33. The number of hydrogen-bond acceptors (Lipinski definition) is 3. The van der Waals surface area contributed by atoms with Crippen molar-refractivity contribution in [2.45, 2.75) is 52.2 Å². The Morgan fingerprint density at radius 3 is 2.81 bits per heavy atom. The summed E-state index contributed by atoms with van der Waals surface area (Å²) < 4.78 is 5.29. The van der Waals surface area contributed by atoms with Crippen LogP contribution in [0.1, 0.15) is 40.0 Å². The maximum atomic E-state index is 11.9. The van der Waals surface area contributed by atoms with E-state index in [9.17, 15) is 4.79 Å². The van der Waals surface area contributed by atoms with Crippen LogP contribution in [0.2, 0.25) is 0 Å². The van der Waals surface area contributed by atoms with Gasteiger partial charge in [0.2, 0.25) is 5.91 Å². The lowest BCUT2D eigenvalue weighted by molar-refractivity contribution is -0.130. The van der Waals surface area contributed by atoms with E-state index in [0.29, 0.717) is 0 Å². The molecular formula is C12H24N2O2. The molecule has 16 heavy (non-hydrogen) atoms. The molecule has 0 radical (unpaired) electrons. The first-order valence-corrected chi connectivity index (χ1v) is 6.35. The van der Waals surface area contributed by atoms with E-state index >= 15 is 0 Å². The van der Waals surface area contributed by atoms with Crippen LogP contribution < -0.4 is 5.32 Å². The van der Waals surface area contributed by atoms with E-state index < -0.39 is 0 Å². The second-order valence-corrected chi connectivity index (χ2v) is 4.27. The molecule has 0 spiro atoms. The molecule has 1 rings (SSSR count). The molecule has 0 aromatic carbocycles. The molecule has 1 aliphatic rings. The Hall–Kier alpha value is -0.610. The Morgan fingerprint density at radius 2 is 2.19 bits per heavy atom. The summed E-state index contributed by atoms with van der Waals surface area (Å²) in [6.07, 6.45) is 3.28. The third kappa shape index (κ3) is 3.46. The number of nitrogens with zero attached hydrogens (tertiary/aromatic N) is 1. The number of amides is 1. The first-order valence-electron chi connectivity index (χ1n) is 6.35. The minimum atomic E-state index is -0.0244. The highest BCUT2D eigenvalue weighted by Crippen LogP contribution is 2.15. The summed E-state index contributed by atoms with van der Waals surface area (Å²) in [5.41, 5.74) is 0. The summed E-state index contributed by atoms with van der Waals surface area (Å²) in [6, 6.07) is -0.0244. The van der Waals surface area contributed by atoms with Gasteiger partial charge in [-0.05, 0) is 26.7 Å². The minimum Gasteiger partial charge on any atom is -0.382 e. The van der Waals surface area contributed by atoms with Crippen molar-refractivity contribution in [1.29, 1.82) is 0 Å². The predicted molar refractivity (Wildman–Crippen MR) is 64.1 cm³/mol. The first kappa shape index (κ1) is 13.5. The van der Waals surface area contributed by atoms with Crippen LogP contribution in [0.4, 0.5) is 0 Å². The normalized spacial score (nSPS) is 25.4. The van der Waals surface area contributed by atoms with E-state index in [1.54, 1.807) is 0 Å². The maximum absolute atomic E-state index is 11.9. The molecule has 0 saturated carbocycles. The van der Waals surface area contributed by atoms with E-state index in [1.807, 2.05) is 18.7 Å². The van der Waals surface area contributed by atoms with Crippen LogP contribution in [0.25, 0.3) is 0 Å². The number of nitrogens with one attached hydrogen (secondary N) is 1. The SMILES string of the molecule is CCCC1NC(C)C(=O)N1CCCOCC. The minimum absolute atomic E-state index is 0.0244. The van der Waals surface area contributed by atoms with E-state index in [1.165, 1.54) is 0 Å². The number of carbonyl (C=O) groups is 1. The average Bonchev–Trinajstić information content (AvgIpc) is 2.52. The molecule has 4 heteroatoms. The molecule has 0 aromatic heterocycles. The summed E-state index contributed by atoms with van der Waals surface area (Å²) in [6.45, 7) is 8.38. The van der Waals surface area contributed by atoms with Crippen LogP contribution in [0.5, 0.6) is 0 Å². The molecule has 2 unspecified atom stereocenters. The lowest BCUT2D eigenvalue weighted by Crippen LogP contribution is -2.38. The number of ether oxygens (including phenoxy) is 1. The Bertz CT molecular complexity index is 221. The van der Waals surface area contributed by atoms with Crippen molar-refractivity contribution in [3.63, 3.8) is 0 Å². The van der Waals surface area contributed by atoms with Crippen LogP contribution in [-0.4, -0.2) is 42.8 Å². The molecule has 0 aliphatic carbocycles. The Morgan fingerprint density at radius 1 is 1.44 bits per heavy atom. The summed E-state index contributed by atoms with van der Waals surface area (Å²) in [4.78, 5) is 13.8. The van der Waals surface area contributed by atoms with Crippen LogP contribution in [-0.2, 0) is 9.53 Å². The lowest BCUT2D eigenvalue weighted by atomic mass is 10.2. The molecule has 94 valence electrons. The van der Waals surface area contributed by atoms with Crippen LogP contribution in [0.3, 0.4) is 0 Å². The van der Waals surface area contributed by atoms with Gasteiger partial charge in [0.05, 0.1) is 12.2 Å². The fourth-order valence-electron chi connectivity index (χ4n) is 2.11. The largest absolute Gasteiger partial charge is 0.382 e. The highest BCUT2D eigenvalue weighted by atomic mass is 16.5. The van der Waals surface area contributed by atoms with Gasteiger partial charge < -0.3 is 9.64 Å². The Balaban J connectivity index is 2.37. The van der Waals surface area contributed by atoms with Gasteiger partial charge in [0.15, 0.2) is 0 Å². The highest BCUT2D eigenvalue weighted by Gasteiger charge is 2.34. The van der Waals surface area contributed by atoms with Crippen molar-refractivity contribution >= 4 is 5.91 Å². The van der Waals surface area contributed by atoms with Crippen molar-refractivity contribution in [2.75, 3.05) is 19.8 Å². The fraction of sp³-hybridized carbons (Fsp3) is 0.917. The quantitative estimate of drug-likeness (QED) is 0.669. The lowest BCUT2D eigenvalue weighted by Gasteiger charge is -2.23. The van der Waals surface area contributed by atoms with Gasteiger partial charge >= 0.3 is 0 Å². The van der Waals surface area contributed by atoms with Gasteiger partial charge in [0, 0.05) is 19.8 Å². The number of carbonyl (C=O) groups excluding carboxylic acids is 1. The third-order valence-electron chi connectivity index (χ3n) is 2.93. The molecule has 1 aliphatic heterocycles. The zero-order valence-electron chi connectivity index (χ0n) is 10.7. The molecule has 2 atom stereocenters. The number of hydrogen-bond donors (Lipinski definition) is 1. The second-order valence-electron chi connectivity index (χ2n) is 4.27. The molecular weight excluding hydrogens is 204 g/mol. The molecule has 0 bridgehead atoms. The fourth-order valence-corrected chi connectivity index (χ4v) is 2.11. The van der Waals surface area contributed by atoms with Crippen molar-refractivity contribution in [3.8, 4) is 0 Å². The van der Waals surface area contributed by atoms with E-state index in [4.69, 9.17) is 4.74 Å². The molecule has 1 amide bonds. The standard InChI is InChI=1S/C12H24N2O2/c1-4-7-11-13-10(3)12(15)14(11)8-6-9-16-5-2/h10-11,13H,4-9H2,1-3H3. The first-order chi connectivity index (χ1) is 7.70. The number of rotatable bonds is 7. The molecule has 1 N–H and O–H groups in total. The molecule has 1 heterocycles. The summed E-state index contributed by atoms with van der Waals surface area (Å²) in [7, 11) is 0. The van der Waals surface area contributed by atoms with Crippen molar-refractivity contribution in [3.05, 3.63) is 0 Å². The van der Waals surface area contributed by atoms with E-state index in [-0.39, 0.29) is 18.1 Å². The smallest absolute Gasteiger partial charge is 0.240 e. The van der Waals surface area contributed by atoms with Crippen molar-refractivity contribution in [1.82, 2.24) is 10.2 Å². The van der Waals surface area contributed by atoms with Crippen LogP contribution >= 0.6 is 0 Å². The maximum Gasteiger partial charge on any atom is 0.240 e. The van der Waals surface area contributed by atoms with Crippen LogP contribution in [0, 0.1) is 0 Å². The zero-order valence-corrected chi connectivity index (χ0v) is 10.7. The van der Waals surface area contributed by atoms with Crippen molar-refractivity contribution < 1.29 is 9.53 Å². The van der Waals surface area contributed by atoms with Gasteiger partial charge in [0.1, 0.15) is 0 Å². The molecule has 1 fully saturated rings. The summed E-state index contributed by atoms with van der Waals surface area (Å²) >= 11 is 0. The van der Waals surface area contributed by atoms with Gasteiger partial charge in [0.25, 0.3) is 0 Å².